The molecule has 0 atom stereocenters. The van der Waals surface area contributed by atoms with E-state index >= 15 is 0 Å². The third kappa shape index (κ3) is 5.16. The third-order valence-electron chi connectivity index (χ3n) is 2.65. The predicted molar refractivity (Wildman–Crippen MR) is 75.5 cm³/mol. The summed E-state index contributed by atoms with van der Waals surface area (Å²) in [5.74, 6) is -0.570. The molecule has 0 fully saturated rings. The molecular weight excluding hydrogens is 283 g/mol. The zero-order valence-corrected chi connectivity index (χ0v) is 12.6. The van der Waals surface area contributed by atoms with Crippen molar-refractivity contribution in [3.63, 3.8) is 0 Å². The molecule has 0 radical (unpaired) electrons. The second-order valence-corrected chi connectivity index (χ2v) is 5.97. The smallest absolute Gasteiger partial charge is 0.240 e. The standard InChI is InChI=1S/C13H21FN2O3S/c1-3-19-8-4-7-16-20(17,18)13-9-12(14)6-5-11(13)10-15-2/h5-6,9,15-16H,3-4,7-8,10H2,1-2H3. The first-order valence-electron chi connectivity index (χ1n) is 6.51. The van der Waals surface area contributed by atoms with Gasteiger partial charge in [0.05, 0.1) is 4.90 Å². The van der Waals surface area contributed by atoms with Crippen LogP contribution in [0.5, 0.6) is 0 Å². The van der Waals surface area contributed by atoms with E-state index in [2.05, 4.69) is 10.0 Å². The highest BCUT2D eigenvalue weighted by Gasteiger charge is 2.18. The Balaban J connectivity index is 2.77. The number of rotatable bonds is 9. The van der Waals surface area contributed by atoms with Crippen LogP contribution in [0.3, 0.4) is 0 Å². The first kappa shape index (κ1) is 17.0. The molecule has 1 aromatic carbocycles. The molecule has 0 spiro atoms. The average Bonchev–Trinajstić information content (AvgIpc) is 2.40. The number of benzene rings is 1. The summed E-state index contributed by atoms with van der Waals surface area (Å²) >= 11 is 0. The van der Waals surface area contributed by atoms with E-state index in [9.17, 15) is 12.8 Å². The molecule has 0 amide bonds. The lowest BCUT2D eigenvalue weighted by molar-refractivity contribution is 0.146. The van der Waals surface area contributed by atoms with Crippen LogP contribution in [0, 0.1) is 5.82 Å². The first-order valence-corrected chi connectivity index (χ1v) is 8.00. The molecule has 0 aliphatic carbocycles. The molecule has 2 N–H and O–H groups in total. The topological polar surface area (TPSA) is 67.4 Å². The number of halogens is 1. The minimum atomic E-state index is -3.71. The van der Waals surface area contributed by atoms with Crippen molar-refractivity contribution in [2.24, 2.45) is 0 Å². The highest BCUT2D eigenvalue weighted by molar-refractivity contribution is 7.89. The fourth-order valence-electron chi connectivity index (χ4n) is 1.72. The Morgan fingerprint density at radius 3 is 2.75 bits per heavy atom. The Morgan fingerprint density at radius 1 is 1.35 bits per heavy atom. The summed E-state index contributed by atoms with van der Waals surface area (Å²) in [6.07, 6.45) is 0.573. The van der Waals surface area contributed by atoms with Crippen LogP contribution in [-0.4, -0.2) is 35.2 Å². The second kappa shape index (κ2) is 8.31. The summed E-state index contributed by atoms with van der Waals surface area (Å²) in [5.41, 5.74) is 0.534. The Morgan fingerprint density at radius 2 is 2.10 bits per heavy atom. The zero-order valence-electron chi connectivity index (χ0n) is 11.8. The summed E-state index contributed by atoms with van der Waals surface area (Å²) in [6.45, 7) is 3.59. The van der Waals surface area contributed by atoms with E-state index in [1.807, 2.05) is 6.92 Å². The third-order valence-corrected chi connectivity index (χ3v) is 4.19. The van der Waals surface area contributed by atoms with Crippen LogP contribution in [0.15, 0.2) is 23.1 Å². The molecule has 0 unspecified atom stereocenters. The summed E-state index contributed by atoms with van der Waals surface area (Å²) in [6, 6.07) is 3.76. The largest absolute Gasteiger partial charge is 0.382 e. The van der Waals surface area contributed by atoms with Crippen molar-refractivity contribution < 1.29 is 17.5 Å². The van der Waals surface area contributed by atoms with Crippen molar-refractivity contribution in [1.82, 2.24) is 10.0 Å². The van der Waals surface area contributed by atoms with E-state index in [1.165, 1.54) is 12.1 Å². The molecule has 0 aliphatic heterocycles. The second-order valence-electron chi connectivity index (χ2n) is 4.23. The van der Waals surface area contributed by atoms with Crippen LogP contribution >= 0.6 is 0 Å². The van der Waals surface area contributed by atoms with E-state index in [0.29, 0.717) is 31.7 Å². The van der Waals surface area contributed by atoms with Gasteiger partial charge >= 0.3 is 0 Å². The maximum Gasteiger partial charge on any atom is 0.240 e. The number of sulfonamides is 1. The average molecular weight is 304 g/mol. The molecule has 114 valence electrons. The molecule has 20 heavy (non-hydrogen) atoms. The number of hydrogen-bond acceptors (Lipinski definition) is 4. The van der Waals surface area contributed by atoms with E-state index in [0.717, 1.165) is 6.07 Å². The van der Waals surface area contributed by atoms with Gasteiger partial charge in [-0.1, -0.05) is 6.07 Å². The normalized spacial score (nSPS) is 11.8. The van der Waals surface area contributed by atoms with Gasteiger partial charge in [0.25, 0.3) is 0 Å². The van der Waals surface area contributed by atoms with Crippen molar-refractivity contribution >= 4 is 10.0 Å². The molecule has 1 aromatic rings. The monoisotopic (exact) mass is 304 g/mol. The van der Waals surface area contributed by atoms with Crippen LogP contribution in [-0.2, 0) is 21.3 Å². The SMILES string of the molecule is CCOCCCNS(=O)(=O)c1cc(F)ccc1CNC. The van der Waals surface area contributed by atoms with E-state index in [-0.39, 0.29) is 11.4 Å². The van der Waals surface area contributed by atoms with Gasteiger partial charge in [-0.2, -0.15) is 0 Å². The Bertz CT molecular complexity index is 520. The van der Waals surface area contributed by atoms with E-state index in [1.54, 1.807) is 7.05 Å². The Labute approximate surface area is 119 Å². The minimum Gasteiger partial charge on any atom is -0.382 e. The van der Waals surface area contributed by atoms with Crippen LogP contribution in [0.1, 0.15) is 18.9 Å². The molecule has 0 heterocycles. The lowest BCUT2D eigenvalue weighted by atomic mass is 10.2. The van der Waals surface area contributed by atoms with Gasteiger partial charge in [-0.05, 0) is 38.1 Å². The molecule has 0 saturated heterocycles. The van der Waals surface area contributed by atoms with Crippen LogP contribution < -0.4 is 10.0 Å². The van der Waals surface area contributed by atoms with Gasteiger partial charge < -0.3 is 10.1 Å². The Hall–Kier alpha value is -1.02. The lowest BCUT2D eigenvalue weighted by Gasteiger charge is -2.11. The molecule has 5 nitrogen and oxygen atoms in total. The fourth-order valence-corrected chi connectivity index (χ4v) is 3.04. The first-order chi connectivity index (χ1) is 9.51. The number of nitrogens with one attached hydrogen (secondary N) is 2. The molecule has 7 heteroatoms. The van der Waals surface area contributed by atoms with Crippen molar-refractivity contribution in [3.8, 4) is 0 Å². The van der Waals surface area contributed by atoms with Crippen molar-refractivity contribution in [1.29, 1.82) is 0 Å². The summed E-state index contributed by atoms with van der Waals surface area (Å²) in [4.78, 5) is -0.0248. The van der Waals surface area contributed by atoms with Crippen LogP contribution in [0.4, 0.5) is 4.39 Å². The van der Waals surface area contributed by atoms with Gasteiger partial charge in [0.2, 0.25) is 10.0 Å². The summed E-state index contributed by atoms with van der Waals surface area (Å²) in [5, 5.41) is 2.87. The summed E-state index contributed by atoms with van der Waals surface area (Å²) < 4.78 is 45.2. The van der Waals surface area contributed by atoms with Gasteiger partial charge in [-0.25, -0.2) is 17.5 Å². The van der Waals surface area contributed by atoms with Crippen LogP contribution in [0.25, 0.3) is 0 Å². The lowest BCUT2D eigenvalue weighted by Crippen LogP contribution is -2.27. The number of hydrogen-bond donors (Lipinski definition) is 2. The van der Waals surface area contributed by atoms with Gasteiger partial charge in [0.1, 0.15) is 5.82 Å². The zero-order chi connectivity index (χ0) is 15.0. The molecule has 0 bridgehead atoms. The maximum atomic E-state index is 13.3. The van der Waals surface area contributed by atoms with Gasteiger partial charge in [0, 0.05) is 26.3 Å². The van der Waals surface area contributed by atoms with Crippen molar-refractivity contribution in [2.75, 3.05) is 26.8 Å². The number of ether oxygens (including phenoxy) is 1. The van der Waals surface area contributed by atoms with Crippen LogP contribution in [0.2, 0.25) is 0 Å². The molecular formula is C13H21FN2O3S. The fraction of sp³-hybridized carbons (Fsp3) is 0.538. The van der Waals surface area contributed by atoms with Gasteiger partial charge in [-0.15, -0.1) is 0 Å². The van der Waals surface area contributed by atoms with E-state index < -0.39 is 15.8 Å². The summed E-state index contributed by atoms with van der Waals surface area (Å²) in [7, 11) is -2.00. The Kier molecular flexibility index (Phi) is 7.08. The minimum absolute atomic E-state index is 0.0248. The predicted octanol–water partition coefficient (Wildman–Crippen LogP) is 1.25. The molecule has 0 aromatic heterocycles. The quantitative estimate of drug-likeness (QED) is 0.674. The van der Waals surface area contributed by atoms with Crippen molar-refractivity contribution in [2.45, 2.75) is 24.8 Å². The van der Waals surface area contributed by atoms with Gasteiger partial charge in [-0.3, -0.25) is 0 Å². The van der Waals surface area contributed by atoms with Gasteiger partial charge in [0.15, 0.2) is 0 Å². The van der Waals surface area contributed by atoms with E-state index in [4.69, 9.17) is 4.74 Å². The highest BCUT2D eigenvalue weighted by Crippen LogP contribution is 2.17. The maximum absolute atomic E-state index is 13.3. The molecule has 0 aliphatic rings. The van der Waals surface area contributed by atoms with Crippen molar-refractivity contribution in [3.05, 3.63) is 29.6 Å². The highest BCUT2D eigenvalue weighted by atomic mass is 32.2. The molecule has 1 rings (SSSR count). The molecule has 0 saturated carbocycles.